The van der Waals surface area contributed by atoms with Crippen LogP contribution in [0.2, 0.25) is 10.0 Å². The van der Waals surface area contributed by atoms with Crippen LogP contribution in [0.5, 0.6) is 5.88 Å². The van der Waals surface area contributed by atoms with Crippen molar-refractivity contribution in [1.29, 1.82) is 0 Å². The molecule has 136 valence electrons. The summed E-state index contributed by atoms with van der Waals surface area (Å²) in [7, 11) is 0. The first kappa shape index (κ1) is 17.4. The molecule has 0 radical (unpaired) electrons. The zero-order valence-corrected chi connectivity index (χ0v) is 15.0. The van der Waals surface area contributed by atoms with Gasteiger partial charge in [0.25, 0.3) is 0 Å². The second kappa shape index (κ2) is 6.98. The van der Waals surface area contributed by atoms with Gasteiger partial charge in [0.2, 0.25) is 5.88 Å². The monoisotopic (exact) mass is 405 g/mol. The fourth-order valence-corrected chi connectivity index (χ4v) is 2.80. The summed E-state index contributed by atoms with van der Waals surface area (Å²) in [4.78, 5) is 7.98. The number of nitrogens with zero attached hydrogens (tertiary/aromatic N) is 5. The third-order valence-corrected chi connectivity index (χ3v) is 4.35. The standard InChI is InChI=1S/C17H10Cl2FN5O2/c18-10-3-1-2-9(15(10)20)8-25-14(12-4-5-27-24-12)6-13(23-25)16-21-7-11(19)17(26)22-16/h1-7H,8H2,(H,21,22,26). The summed E-state index contributed by atoms with van der Waals surface area (Å²) in [5, 5.41) is 18.1. The average molecular weight is 406 g/mol. The lowest BCUT2D eigenvalue weighted by Crippen LogP contribution is -2.06. The minimum atomic E-state index is -0.525. The Morgan fingerprint density at radius 2 is 2.00 bits per heavy atom. The Hall–Kier alpha value is -2.97. The minimum Gasteiger partial charge on any atom is -0.492 e. The molecule has 4 rings (SSSR count). The number of aromatic nitrogens is 5. The Morgan fingerprint density at radius 3 is 2.74 bits per heavy atom. The number of aromatic hydroxyl groups is 1. The van der Waals surface area contributed by atoms with Crippen molar-refractivity contribution in [3.63, 3.8) is 0 Å². The summed E-state index contributed by atoms with van der Waals surface area (Å²) < 4.78 is 20.7. The van der Waals surface area contributed by atoms with Crippen LogP contribution < -0.4 is 0 Å². The van der Waals surface area contributed by atoms with Crippen LogP contribution in [0.3, 0.4) is 0 Å². The molecule has 0 saturated carbocycles. The molecule has 0 saturated heterocycles. The maximum Gasteiger partial charge on any atom is 0.233 e. The third kappa shape index (κ3) is 3.36. The Balaban J connectivity index is 1.81. The van der Waals surface area contributed by atoms with Crippen LogP contribution in [0.25, 0.3) is 22.9 Å². The Morgan fingerprint density at radius 1 is 1.15 bits per heavy atom. The molecule has 0 aliphatic heterocycles. The maximum absolute atomic E-state index is 14.3. The molecule has 3 heterocycles. The van der Waals surface area contributed by atoms with Crippen LogP contribution in [0.1, 0.15) is 5.56 Å². The zero-order valence-electron chi connectivity index (χ0n) is 13.5. The summed E-state index contributed by atoms with van der Waals surface area (Å²) in [6.07, 6.45) is 2.68. The molecule has 3 aromatic heterocycles. The second-order valence-corrected chi connectivity index (χ2v) is 6.35. The predicted molar refractivity (Wildman–Crippen MR) is 95.9 cm³/mol. The van der Waals surface area contributed by atoms with Gasteiger partial charge < -0.3 is 9.63 Å². The van der Waals surface area contributed by atoms with Gasteiger partial charge in [-0.2, -0.15) is 10.1 Å². The highest BCUT2D eigenvalue weighted by molar-refractivity contribution is 6.31. The minimum absolute atomic E-state index is 0.0221. The molecule has 0 fully saturated rings. The number of hydrogen-bond donors (Lipinski definition) is 1. The normalized spacial score (nSPS) is 11.1. The van der Waals surface area contributed by atoms with Crippen molar-refractivity contribution in [2.75, 3.05) is 0 Å². The van der Waals surface area contributed by atoms with Crippen molar-refractivity contribution in [2.45, 2.75) is 6.54 Å². The van der Waals surface area contributed by atoms with E-state index in [9.17, 15) is 9.50 Å². The molecule has 7 nitrogen and oxygen atoms in total. The van der Waals surface area contributed by atoms with Crippen LogP contribution in [0.4, 0.5) is 4.39 Å². The zero-order chi connectivity index (χ0) is 19.0. The molecular weight excluding hydrogens is 396 g/mol. The Kier molecular flexibility index (Phi) is 4.51. The molecule has 0 atom stereocenters. The molecule has 10 heteroatoms. The predicted octanol–water partition coefficient (Wildman–Crippen LogP) is 4.19. The number of halogens is 3. The van der Waals surface area contributed by atoms with E-state index in [4.69, 9.17) is 27.7 Å². The first-order valence-corrected chi connectivity index (χ1v) is 8.42. The molecule has 1 N–H and O–H groups in total. The van der Waals surface area contributed by atoms with E-state index in [1.54, 1.807) is 24.3 Å². The molecule has 0 amide bonds. The van der Waals surface area contributed by atoms with E-state index >= 15 is 0 Å². The fraction of sp³-hybridized carbons (Fsp3) is 0.0588. The first-order valence-electron chi connectivity index (χ1n) is 7.66. The van der Waals surface area contributed by atoms with Crippen LogP contribution >= 0.6 is 23.2 Å². The van der Waals surface area contributed by atoms with Gasteiger partial charge in [0.15, 0.2) is 5.82 Å². The van der Waals surface area contributed by atoms with Gasteiger partial charge in [0.1, 0.15) is 28.5 Å². The third-order valence-electron chi connectivity index (χ3n) is 3.79. The highest BCUT2D eigenvalue weighted by atomic mass is 35.5. The molecule has 27 heavy (non-hydrogen) atoms. The number of rotatable bonds is 4. The number of hydrogen-bond acceptors (Lipinski definition) is 6. The summed E-state index contributed by atoms with van der Waals surface area (Å²) in [5.41, 5.74) is 1.75. The fourth-order valence-electron chi connectivity index (χ4n) is 2.51. The molecule has 1 aromatic carbocycles. The van der Waals surface area contributed by atoms with Gasteiger partial charge in [-0.3, -0.25) is 4.68 Å². The molecule has 0 spiro atoms. The van der Waals surface area contributed by atoms with E-state index in [-0.39, 0.29) is 28.3 Å². The molecule has 0 aliphatic rings. The van der Waals surface area contributed by atoms with Crippen LogP contribution in [-0.4, -0.2) is 30.0 Å². The summed E-state index contributed by atoms with van der Waals surface area (Å²) in [6.45, 7) is 0.0914. The van der Waals surface area contributed by atoms with E-state index in [0.29, 0.717) is 22.6 Å². The molecule has 0 bridgehead atoms. The topological polar surface area (TPSA) is 89.9 Å². The first-order chi connectivity index (χ1) is 13.0. The van der Waals surface area contributed by atoms with Crippen molar-refractivity contribution < 1.29 is 14.0 Å². The van der Waals surface area contributed by atoms with E-state index in [1.165, 1.54) is 23.2 Å². The van der Waals surface area contributed by atoms with E-state index in [0.717, 1.165) is 0 Å². The van der Waals surface area contributed by atoms with Crippen molar-refractivity contribution >= 4 is 23.2 Å². The van der Waals surface area contributed by atoms with Crippen molar-refractivity contribution in [1.82, 2.24) is 24.9 Å². The van der Waals surface area contributed by atoms with Gasteiger partial charge in [-0.25, -0.2) is 9.37 Å². The van der Waals surface area contributed by atoms with Gasteiger partial charge in [-0.05, 0) is 12.1 Å². The van der Waals surface area contributed by atoms with Crippen molar-refractivity contribution in [3.8, 4) is 28.8 Å². The molecular formula is C17H10Cl2FN5O2. The van der Waals surface area contributed by atoms with Crippen LogP contribution in [-0.2, 0) is 6.54 Å². The molecule has 0 unspecified atom stereocenters. The van der Waals surface area contributed by atoms with Gasteiger partial charge in [-0.15, -0.1) is 0 Å². The van der Waals surface area contributed by atoms with Crippen LogP contribution in [0.15, 0.2) is 47.3 Å². The quantitative estimate of drug-likeness (QED) is 0.547. The van der Waals surface area contributed by atoms with Gasteiger partial charge >= 0.3 is 0 Å². The summed E-state index contributed by atoms with van der Waals surface area (Å²) in [6, 6.07) is 8.04. The molecule has 4 aromatic rings. The highest BCUT2D eigenvalue weighted by Crippen LogP contribution is 2.28. The van der Waals surface area contributed by atoms with Crippen molar-refractivity contribution in [3.05, 3.63) is 64.2 Å². The highest BCUT2D eigenvalue weighted by Gasteiger charge is 2.18. The van der Waals surface area contributed by atoms with Gasteiger partial charge in [0, 0.05) is 11.6 Å². The van der Waals surface area contributed by atoms with E-state index in [2.05, 4.69) is 20.2 Å². The van der Waals surface area contributed by atoms with Gasteiger partial charge in [-0.1, -0.05) is 40.5 Å². The smallest absolute Gasteiger partial charge is 0.233 e. The van der Waals surface area contributed by atoms with Crippen LogP contribution in [0, 0.1) is 5.82 Å². The average Bonchev–Trinajstić information content (AvgIpc) is 3.31. The summed E-state index contributed by atoms with van der Waals surface area (Å²) in [5.74, 6) is -0.727. The second-order valence-electron chi connectivity index (χ2n) is 5.54. The Labute approximate surface area is 162 Å². The Bertz CT molecular complexity index is 1110. The van der Waals surface area contributed by atoms with E-state index in [1.807, 2.05) is 0 Å². The lowest BCUT2D eigenvalue weighted by molar-refractivity contribution is 0.421. The molecule has 0 aliphatic carbocycles. The van der Waals surface area contributed by atoms with Crippen molar-refractivity contribution in [2.24, 2.45) is 0 Å². The lowest BCUT2D eigenvalue weighted by atomic mass is 10.2. The van der Waals surface area contributed by atoms with Gasteiger partial charge in [0.05, 0.1) is 23.5 Å². The largest absolute Gasteiger partial charge is 0.492 e. The summed E-state index contributed by atoms with van der Waals surface area (Å²) >= 11 is 11.6. The maximum atomic E-state index is 14.3. The SMILES string of the molecule is Oc1nc(-c2cc(-c3ccon3)n(Cc3cccc(Cl)c3F)n2)ncc1Cl. The number of benzene rings is 1. The lowest BCUT2D eigenvalue weighted by Gasteiger charge is -2.07. The van der Waals surface area contributed by atoms with E-state index < -0.39 is 5.82 Å².